The second kappa shape index (κ2) is 4.77. The molecule has 2 aromatic heterocycles. The van der Waals surface area contributed by atoms with Gasteiger partial charge < -0.3 is 9.73 Å². The molecule has 6 nitrogen and oxygen atoms in total. The summed E-state index contributed by atoms with van der Waals surface area (Å²) in [6, 6.07) is 1.52. The lowest BCUT2D eigenvalue weighted by Crippen LogP contribution is -2.27. The number of hydrogen-bond acceptors (Lipinski definition) is 5. The number of furan rings is 1. The number of carbonyl (C=O) groups excluding carboxylic acids is 1. The van der Waals surface area contributed by atoms with E-state index in [1.807, 2.05) is 0 Å². The van der Waals surface area contributed by atoms with Crippen LogP contribution in [0.25, 0.3) is 0 Å². The molecule has 2 aromatic rings. The number of rotatable bonds is 4. The number of nitrogens with zero attached hydrogens (tertiary/aromatic N) is 2. The Balaban J connectivity index is 1.50. The van der Waals surface area contributed by atoms with Gasteiger partial charge in [0, 0.05) is 29.6 Å². The van der Waals surface area contributed by atoms with Crippen LogP contribution in [-0.4, -0.2) is 15.4 Å². The highest BCUT2D eigenvalue weighted by molar-refractivity contribution is 7.09. The van der Waals surface area contributed by atoms with Gasteiger partial charge in [-0.2, -0.15) is 4.37 Å². The van der Waals surface area contributed by atoms with Crippen molar-refractivity contribution in [3.8, 4) is 0 Å². The Morgan fingerprint density at radius 3 is 3.17 bits per heavy atom. The van der Waals surface area contributed by atoms with Crippen molar-refractivity contribution in [3.63, 3.8) is 0 Å². The maximum absolute atomic E-state index is 11.6. The van der Waals surface area contributed by atoms with Gasteiger partial charge in [-0.15, -0.1) is 0 Å². The lowest BCUT2D eigenvalue weighted by molar-refractivity contribution is 0.251. The molecule has 2 heterocycles. The Hall–Kier alpha value is -1.89. The first kappa shape index (κ1) is 11.2. The number of amides is 2. The van der Waals surface area contributed by atoms with Gasteiger partial charge >= 0.3 is 6.03 Å². The van der Waals surface area contributed by atoms with Crippen molar-refractivity contribution in [2.24, 2.45) is 0 Å². The topological polar surface area (TPSA) is 80.0 Å². The highest BCUT2D eigenvalue weighted by Crippen LogP contribution is 2.39. The van der Waals surface area contributed by atoms with E-state index < -0.39 is 0 Å². The number of carbonyl (C=O) groups is 1. The van der Waals surface area contributed by atoms with Crippen molar-refractivity contribution in [1.82, 2.24) is 14.7 Å². The second-order valence-corrected chi connectivity index (χ2v) is 4.92. The van der Waals surface area contributed by atoms with E-state index in [0.29, 0.717) is 17.6 Å². The first-order valence-electron chi connectivity index (χ1n) is 5.71. The maximum atomic E-state index is 11.6. The molecule has 3 rings (SSSR count). The molecular weight excluding hydrogens is 252 g/mol. The molecule has 0 radical (unpaired) electrons. The SMILES string of the molecule is O=C(NCc1ccoc1)Nc1nc(C2CC2)ns1. The summed E-state index contributed by atoms with van der Waals surface area (Å²) >= 11 is 1.22. The van der Waals surface area contributed by atoms with E-state index in [4.69, 9.17) is 4.42 Å². The molecule has 0 unspecified atom stereocenters. The minimum Gasteiger partial charge on any atom is -0.472 e. The predicted molar refractivity (Wildman–Crippen MR) is 66.5 cm³/mol. The van der Waals surface area contributed by atoms with Crippen molar-refractivity contribution in [2.75, 3.05) is 5.32 Å². The van der Waals surface area contributed by atoms with Crippen molar-refractivity contribution >= 4 is 22.7 Å². The largest absolute Gasteiger partial charge is 0.472 e. The molecule has 0 aromatic carbocycles. The van der Waals surface area contributed by atoms with Crippen LogP contribution in [0.15, 0.2) is 23.0 Å². The molecule has 2 amide bonds. The van der Waals surface area contributed by atoms with Crippen molar-refractivity contribution in [1.29, 1.82) is 0 Å². The highest BCUT2D eigenvalue weighted by Gasteiger charge is 2.27. The van der Waals surface area contributed by atoms with E-state index in [-0.39, 0.29) is 6.03 Å². The van der Waals surface area contributed by atoms with Gasteiger partial charge in [-0.25, -0.2) is 9.78 Å². The van der Waals surface area contributed by atoms with E-state index in [1.54, 1.807) is 18.6 Å². The van der Waals surface area contributed by atoms with E-state index in [1.165, 1.54) is 11.5 Å². The molecule has 0 aliphatic heterocycles. The summed E-state index contributed by atoms with van der Waals surface area (Å²) in [5, 5.41) is 5.93. The van der Waals surface area contributed by atoms with Gasteiger partial charge in [-0.05, 0) is 18.9 Å². The van der Waals surface area contributed by atoms with Crippen LogP contribution < -0.4 is 10.6 Å². The van der Waals surface area contributed by atoms with E-state index in [0.717, 1.165) is 24.2 Å². The zero-order valence-electron chi connectivity index (χ0n) is 9.55. The first-order chi connectivity index (χ1) is 8.81. The van der Waals surface area contributed by atoms with Crippen LogP contribution in [-0.2, 0) is 6.54 Å². The lowest BCUT2D eigenvalue weighted by atomic mass is 10.3. The van der Waals surface area contributed by atoms with E-state index >= 15 is 0 Å². The number of nitrogens with one attached hydrogen (secondary N) is 2. The van der Waals surface area contributed by atoms with E-state index in [2.05, 4.69) is 20.0 Å². The van der Waals surface area contributed by atoms with Crippen molar-refractivity contribution in [2.45, 2.75) is 25.3 Å². The molecule has 18 heavy (non-hydrogen) atoms. The fourth-order valence-corrected chi connectivity index (χ4v) is 2.15. The fraction of sp³-hybridized carbons (Fsp3) is 0.364. The summed E-state index contributed by atoms with van der Waals surface area (Å²) in [6.07, 6.45) is 5.48. The van der Waals surface area contributed by atoms with Crippen LogP contribution in [0, 0.1) is 0 Å². The minimum absolute atomic E-state index is 0.283. The fourth-order valence-electron chi connectivity index (χ4n) is 1.51. The van der Waals surface area contributed by atoms with E-state index in [9.17, 15) is 4.79 Å². The Bertz CT molecular complexity index is 533. The average Bonchev–Trinajstić information content (AvgIpc) is 2.90. The van der Waals surface area contributed by atoms with Gasteiger partial charge in [-0.1, -0.05) is 0 Å². The van der Waals surface area contributed by atoms with Crippen molar-refractivity contribution in [3.05, 3.63) is 30.0 Å². The smallest absolute Gasteiger partial charge is 0.321 e. The number of urea groups is 1. The molecule has 1 fully saturated rings. The van der Waals surface area contributed by atoms with Crippen LogP contribution in [0.3, 0.4) is 0 Å². The molecule has 1 aliphatic carbocycles. The molecule has 0 atom stereocenters. The molecule has 1 aliphatic rings. The molecule has 0 spiro atoms. The highest BCUT2D eigenvalue weighted by atomic mass is 32.1. The summed E-state index contributed by atoms with van der Waals surface area (Å²) in [6.45, 7) is 0.427. The maximum Gasteiger partial charge on any atom is 0.321 e. The van der Waals surface area contributed by atoms with Crippen LogP contribution in [0.2, 0.25) is 0 Å². The summed E-state index contributed by atoms with van der Waals surface area (Å²) in [7, 11) is 0. The third-order valence-corrected chi connectivity index (χ3v) is 3.28. The molecule has 0 saturated heterocycles. The second-order valence-electron chi connectivity index (χ2n) is 4.17. The number of aromatic nitrogens is 2. The normalized spacial score (nSPS) is 14.4. The number of hydrogen-bond donors (Lipinski definition) is 2. The van der Waals surface area contributed by atoms with Gasteiger partial charge in [0.05, 0.1) is 12.5 Å². The molecular formula is C11H12N4O2S. The van der Waals surface area contributed by atoms with Gasteiger partial charge in [0.1, 0.15) is 5.82 Å². The quantitative estimate of drug-likeness (QED) is 0.888. The summed E-state index contributed by atoms with van der Waals surface area (Å²) in [4.78, 5) is 15.9. The third-order valence-electron chi connectivity index (χ3n) is 2.64. The summed E-state index contributed by atoms with van der Waals surface area (Å²) in [5.41, 5.74) is 0.918. The Morgan fingerprint density at radius 2 is 2.44 bits per heavy atom. The molecule has 0 bridgehead atoms. The van der Waals surface area contributed by atoms with Crippen molar-refractivity contribution < 1.29 is 9.21 Å². The molecule has 94 valence electrons. The average molecular weight is 264 g/mol. The molecule has 2 N–H and O–H groups in total. The Morgan fingerprint density at radius 1 is 1.56 bits per heavy atom. The standard InChI is InChI=1S/C11H12N4O2S/c16-10(12-5-7-3-4-17-6-7)14-11-13-9(15-18-11)8-1-2-8/h3-4,6,8H,1-2,5H2,(H2,12,13,14,15,16). The Labute approximate surface area is 108 Å². The van der Waals surface area contributed by atoms with Crippen LogP contribution in [0.5, 0.6) is 0 Å². The van der Waals surface area contributed by atoms with Crippen LogP contribution in [0.1, 0.15) is 30.1 Å². The first-order valence-corrected chi connectivity index (χ1v) is 6.48. The van der Waals surface area contributed by atoms with Crippen LogP contribution in [0.4, 0.5) is 9.93 Å². The van der Waals surface area contributed by atoms with Gasteiger partial charge in [0.2, 0.25) is 5.13 Å². The van der Waals surface area contributed by atoms with Crippen LogP contribution >= 0.6 is 11.5 Å². The summed E-state index contributed by atoms with van der Waals surface area (Å²) < 4.78 is 9.12. The minimum atomic E-state index is -0.283. The van der Waals surface area contributed by atoms with Gasteiger partial charge in [0.25, 0.3) is 0 Å². The molecule has 1 saturated carbocycles. The molecule has 7 heteroatoms. The Kier molecular flexibility index (Phi) is 2.97. The lowest BCUT2D eigenvalue weighted by Gasteiger charge is -2.02. The zero-order chi connectivity index (χ0) is 12.4. The zero-order valence-corrected chi connectivity index (χ0v) is 10.4. The monoisotopic (exact) mass is 264 g/mol. The van der Waals surface area contributed by atoms with Gasteiger partial charge in [-0.3, -0.25) is 5.32 Å². The van der Waals surface area contributed by atoms with Gasteiger partial charge in [0.15, 0.2) is 0 Å². The number of anilines is 1. The predicted octanol–water partition coefficient (Wildman–Crippen LogP) is 2.33. The summed E-state index contributed by atoms with van der Waals surface area (Å²) in [5.74, 6) is 1.36. The third kappa shape index (κ3) is 2.67.